The number of aryl methyl sites for hydroxylation is 1. The molecule has 3 aromatic rings. The number of carbonyl (C=O) groups is 1. The second-order valence-corrected chi connectivity index (χ2v) is 5.45. The number of ether oxygens (including phenoxy) is 1. The van der Waals surface area contributed by atoms with E-state index in [0.717, 1.165) is 11.4 Å². The van der Waals surface area contributed by atoms with Crippen molar-refractivity contribution in [2.24, 2.45) is 7.05 Å². The van der Waals surface area contributed by atoms with E-state index in [1.54, 1.807) is 37.8 Å². The van der Waals surface area contributed by atoms with Gasteiger partial charge >= 0.3 is 6.03 Å². The first kappa shape index (κ1) is 16.5. The van der Waals surface area contributed by atoms with Crippen molar-refractivity contribution in [2.45, 2.75) is 6.04 Å². The van der Waals surface area contributed by atoms with Gasteiger partial charge in [0, 0.05) is 25.6 Å². The standard InChI is InChI=1S/C18H19N5O2/c1-23-10-9-20-17(23)16(13-5-3-7-15(11-13)25-2)22-18(24)21-14-6-4-8-19-12-14/h3-12,16H,1-2H3,(H2,21,22,24)/t16-/m1/s1. The smallest absolute Gasteiger partial charge is 0.320 e. The van der Waals surface area contributed by atoms with Crippen LogP contribution in [0.25, 0.3) is 0 Å². The van der Waals surface area contributed by atoms with Crippen molar-refractivity contribution in [2.75, 3.05) is 12.4 Å². The Hall–Kier alpha value is -3.35. The Morgan fingerprint density at radius 1 is 1.24 bits per heavy atom. The molecule has 0 radical (unpaired) electrons. The normalized spacial score (nSPS) is 11.6. The highest BCUT2D eigenvalue weighted by atomic mass is 16.5. The van der Waals surface area contributed by atoms with E-state index in [-0.39, 0.29) is 6.03 Å². The molecule has 0 fully saturated rings. The lowest BCUT2D eigenvalue weighted by Gasteiger charge is -2.20. The van der Waals surface area contributed by atoms with Crippen molar-refractivity contribution in [3.63, 3.8) is 0 Å². The van der Waals surface area contributed by atoms with Gasteiger partial charge in [0.15, 0.2) is 0 Å². The number of imidazole rings is 1. The van der Waals surface area contributed by atoms with Gasteiger partial charge in [-0.1, -0.05) is 12.1 Å². The first-order valence-electron chi connectivity index (χ1n) is 7.76. The summed E-state index contributed by atoms with van der Waals surface area (Å²) >= 11 is 0. The molecule has 3 rings (SSSR count). The molecule has 0 aliphatic heterocycles. The quantitative estimate of drug-likeness (QED) is 0.750. The predicted molar refractivity (Wildman–Crippen MR) is 94.4 cm³/mol. The van der Waals surface area contributed by atoms with E-state index in [0.29, 0.717) is 11.4 Å². The van der Waals surface area contributed by atoms with Gasteiger partial charge < -0.3 is 19.9 Å². The summed E-state index contributed by atoms with van der Waals surface area (Å²) in [7, 11) is 3.49. The molecule has 0 aliphatic rings. The molecular formula is C18H19N5O2. The number of hydrogen-bond acceptors (Lipinski definition) is 4. The van der Waals surface area contributed by atoms with Crippen molar-refractivity contribution >= 4 is 11.7 Å². The molecule has 2 N–H and O–H groups in total. The zero-order chi connectivity index (χ0) is 17.6. The summed E-state index contributed by atoms with van der Waals surface area (Å²) in [5, 5.41) is 5.73. The molecule has 1 atom stereocenters. The van der Waals surface area contributed by atoms with Gasteiger partial charge in [0.25, 0.3) is 0 Å². The first-order chi connectivity index (χ1) is 12.2. The van der Waals surface area contributed by atoms with Crippen LogP contribution in [0.4, 0.5) is 10.5 Å². The summed E-state index contributed by atoms with van der Waals surface area (Å²) in [6.45, 7) is 0. The van der Waals surface area contributed by atoms with Gasteiger partial charge in [-0.15, -0.1) is 0 Å². The zero-order valence-corrected chi connectivity index (χ0v) is 14.0. The summed E-state index contributed by atoms with van der Waals surface area (Å²) in [6.07, 6.45) is 6.77. The fourth-order valence-corrected chi connectivity index (χ4v) is 2.51. The third kappa shape index (κ3) is 3.95. The van der Waals surface area contributed by atoms with Crippen LogP contribution < -0.4 is 15.4 Å². The Bertz CT molecular complexity index is 847. The number of carbonyl (C=O) groups excluding carboxylic acids is 1. The Labute approximate surface area is 145 Å². The Morgan fingerprint density at radius 2 is 2.12 bits per heavy atom. The molecule has 0 aliphatic carbocycles. The maximum atomic E-state index is 12.4. The van der Waals surface area contributed by atoms with Gasteiger partial charge in [0.05, 0.1) is 19.0 Å². The number of rotatable bonds is 5. The van der Waals surface area contributed by atoms with Gasteiger partial charge in [-0.2, -0.15) is 0 Å². The van der Waals surface area contributed by atoms with E-state index < -0.39 is 6.04 Å². The van der Waals surface area contributed by atoms with Crippen LogP contribution in [0.2, 0.25) is 0 Å². The molecule has 1 aromatic carbocycles. The molecule has 7 heteroatoms. The van der Waals surface area contributed by atoms with Gasteiger partial charge in [-0.3, -0.25) is 4.98 Å². The van der Waals surface area contributed by atoms with Crippen molar-refractivity contribution in [3.05, 3.63) is 72.6 Å². The number of urea groups is 1. The second kappa shape index (κ2) is 7.48. The number of aromatic nitrogens is 3. The zero-order valence-electron chi connectivity index (χ0n) is 14.0. The molecular weight excluding hydrogens is 318 g/mol. The highest BCUT2D eigenvalue weighted by Gasteiger charge is 2.21. The van der Waals surface area contributed by atoms with Gasteiger partial charge in [-0.25, -0.2) is 9.78 Å². The van der Waals surface area contributed by atoms with E-state index in [2.05, 4.69) is 20.6 Å². The molecule has 25 heavy (non-hydrogen) atoms. The minimum atomic E-state index is -0.424. The van der Waals surface area contributed by atoms with Gasteiger partial charge in [0.2, 0.25) is 0 Å². The molecule has 0 saturated carbocycles. The number of hydrogen-bond donors (Lipinski definition) is 2. The molecule has 2 amide bonds. The highest BCUT2D eigenvalue weighted by Crippen LogP contribution is 2.24. The Balaban J connectivity index is 1.86. The second-order valence-electron chi connectivity index (χ2n) is 5.45. The number of methoxy groups -OCH3 is 1. The molecule has 0 unspecified atom stereocenters. The number of nitrogens with one attached hydrogen (secondary N) is 2. The summed E-state index contributed by atoms with van der Waals surface area (Å²) < 4.78 is 7.16. The molecule has 7 nitrogen and oxygen atoms in total. The van der Waals surface area contributed by atoms with E-state index in [1.807, 2.05) is 42.1 Å². The summed E-state index contributed by atoms with van der Waals surface area (Å²) in [6, 6.07) is 10.3. The highest BCUT2D eigenvalue weighted by molar-refractivity contribution is 5.89. The average Bonchev–Trinajstić information content (AvgIpc) is 3.06. The minimum absolute atomic E-state index is 0.344. The fraction of sp³-hybridized carbons (Fsp3) is 0.167. The lowest BCUT2D eigenvalue weighted by molar-refractivity contribution is 0.249. The lowest BCUT2D eigenvalue weighted by atomic mass is 10.1. The predicted octanol–water partition coefficient (Wildman–Crippen LogP) is 2.73. The van der Waals surface area contributed by atoms with Crippen molar-refractivity contribution < 1.29 is 9.53 Å². The number of amides is 2. The van der Waals surface area contributed by atoms with Crippen molar-refractivity contribution in [1.29, 1.82) is 0 Å². The maximum absolute atomic E-state index is 12.4. The topological polar surface area (TPSA) is 81.1 Å². The van der Waals surface area contributed by atoms with Crippen LogP contribution >= 0.6 is 0 Å². The summed E-state index contributed by atoms with van der Waals surface area (Å²) in [4.78, 5) is 20.8. The number of anilines is 1. The Kier molecular flexibility index (Phi) is 4.94. The first-order valence-corrected chi connectivity index (χ1v) is 7.76. The molecule has 2 heterocycles. The summed E-state index contributed by atoms with van der Waals surface area (Å²) in [5.41, 5.74) is 1.49. The SMILES string of the molecule is COc1cccc([C@@H](NC(=O)Nc2cccnc2)c2nccn2C)c1. The van der Waals surface area contributed by atoms with Gasteiger partial charge in [0.1, 0.15) is 17.6 Å². The lowest BCUT2D eigenvalue weighted by Crippen LogP contribution is -2.34. The molecule has 0 spiro atoms. The third-order valence-electron chi connectivity index (χ3n) is 3.74. The summed E-state index contributed by atoms with van der Waals surface area (Å²) in [5.74, 6) is 1.43. The minimum Gasteiger partial charge on any atom is -0.497 e. The van der Waals surface area contributed by atoms with Crippen LogP contribution in [0, 0.1) is 0 Å². The van der Waals surface area contributed by atoms with Gasteiger partial charge in [-0.05, 0) is 29.8 Å². The van der Waals surface area contributed by atoms with Crippen molar-refractivity contribution in [3.8, 4) is 5.75 Å². The van der Waals surface area contributed by atoms with E-state index in [9.17, 15) is 4.79 Å². The van der Waals surface area contributed by atoms with Crippen LogP contribution in [-0.4, -0.2) is 27.7 Å². The van der Waals surface area contributed by atoms with Crippen LogP contribution in [-0.2, 0) is 7.05 Å². The van der Waals surface area contributed by atoms with Crippen molar-refractivity contribution in [1.82, 2.24) is 19.9 Å². The maximum Gasteiger partial charge on any atom is 0.320 e. The molecule has 0 saturated heterocycles. The van der Waals surface area contributed by atoms with E-state index in [1.165, 1.54) is 0 Å². The molecule has 2 aromatic heterocycles. The Morgan fingerprint density at radius 3 is 2.80 bits per heavy atom. The number of benzene rings is 1. The molecule has 128 valence electrons. The average molecular weight is 337 g/mol. The van der Waals surface area contributed by atoms with Crippen LogP contribution in [0.1, 0.15) is 17.4 Å². The van der Waals surface area contributed by atoms with Crippen LogP contribution in [0.15, 0.2) is 61.2 Å². The monoisotopic (exact) mass is 337 g/mol. The van der Waals surface area contributed by atoms with E-state index >= 15 is 0 Å². The largest absolute Gasteiger partial charge is 0.497 e. The third-order valence-corrected chi connectivity index (χ3v) is 3.74. The van der Waals surface area contributed by atoms with Crippen LogP contribution in [0.3, 0.4) is 0 Å². The van der Waals surface area contributed by atoms with E-state index in [4.69, 9.17) is 4.74 Å². The molecule has 0 bridgehead atoms. The number of pyridine rings is 1. The van der Waals surface area contributed by atoms with Crippen LogP contribution in [0.5, 0.6) is 5.75 Å². The fourth-order valence-electron chi connectivity index (χ4n) is 2.51. The number of nitrogens with zero attached hydrogens (tertiary/aromatic N) is 3.